The SMILES string of the molecule is CC(C)(C)OC(=O)N[C@H](CCSCCC(=O)OCC1c2ccccc2-c2ccccc21)C(=O)O. The number of esters is 1. The topological polar surface area (TPSA) is 102 Å². The van der Waals surface area contributed by atoms with Crippen molar-refractivity contribution >= 4 is 29.8 Å². The molecule has 2 aromatic carbocycles. The molecule has 0 aromatic heterocycles. The Hall–Kier alpha value is -3.00. The van der Waals surface area contributed by atoms with E-state index < -0.39 is 23.7 Å². The van der Waals surface area contributed by atoms with Crippen molar-refractivity contribution in [3.63, 3.8) is 0 Å². The highest BCUT2D eigenvalue weighted by atomic mass is 32.2. The van der Waals surface area contributed by atoms with Crippen molar-refractivity contribution in [3.05, 3.63) is 59.7 Å². The van der Waals surface area contributed by atoms with Crippen LogP contribution < -0.4 is 5.32 Å². The molecule has 34 heavy (non-hydrogen) atoms. The number of carbonyl (C=O) groups is 3. The van der Waals surface area contributed by atoms with Crippen LogP contribution in [0.25, 0.3) is 11.1 Å². The molecular weight excluding hydrogens is 454 g/mol. The van der Waals surface area contributed by atoms with Crippen molar-refractivity contribution < 1.29 is 29.0 Å². The Labute approximate surface area is 204 Å². The summed E-state index contributed by atoms with van der Waals surface area (Å²) < 4.78 is 10.7. The van der Waals surface area contributed by atoms with Gasteiger partial charge in [0.05, 0.1) is 6.42 Å². The smallest absolute Gasteiger partial charge is 0.408 e. The van der Waals surface area contributed by atoms with E-state index in [0.717, 1.165) is 0 Å². The standard InChI is InChI=1S/C26H31NO6S/c1-26(2,3)33-25(31)27-22(24(29)30)12-14-34-15-13-23(28)32-16-21-19-10-6-4-8-17(19)18-9-5-7-11-20(18)21/h4-11,21-22H,12-16H2,1-3H3,(H,27,31)(H,29,30)/t22-/m1/s1. The fraction of sp³-hybridized carbons (Fsp3) is 0.423. The zero-order valence-electron chi connectivity index (χ0n) is 19.7. The third-order valence-corrected chi connectivity index (χ3v) is 6.38. The summed E-state index contributed by atoms with van der Waals surface area (Å²) in [6, 6.07) is 15.3. The van der Waals surface area contributed by atoms with E-state index in [1.807, 2.05) is 24.3 Å². The molecule has 1 amide bonds. The number of hydrogen-bond acceptors (Lipinski definition) is 6. The van der Waals surface area contributed by atoms with Gasteiger partial charge in [-0.05, 0) is 55.2 Å². The lowest BCUT2D eigenvalue weighted by molar-refractivity contribution is -0.143. The van der Waals surface area contributed by atoms with Crippen LogP contribution in [0.3, 0.4) is 0 Å². The van der Waals surface area contributed by atoms with Gasteiger partial charge in [0.25, 0.3) is 0 Å². The highest BCUT2D eigenvalue weighted by Crippen LogP contribution is 2.44. The molecule has 0 saturated carbocycles. The molecule has 3 rings (SSSR count). The lowest BCUT2D eigenvalue weighted by atomic mass is 9.98. The second-order valence-corrected chi connectivity index (χ2v) is 10.3. The summed E-state index contributed by atoms with van der Waals surface area (Å²) in [7, 11) is 0. The highest BCUT2D eigenvalue weighted by Gasteiger charge is 2.29. The van der Waals surface area contributed by atoms with E-state index in [4.69, 9.17) is 9.47 Å². The fourth-order valence-corrected chi connectivity index (χ4v) is 4.77. The number of alkyl carbamates (subject to hydrolysis) is 1. The number of rotatable bonds is 10. The molecule has 0 aliphatic heterocycles. The predicted molar refractivity (Wildman–Crippen MR) is 132 cm³/mol. The van der Waals surface area contributed by atoms with Crippen LogP contribution in [0.4, 0.5) is 4.79 Å². The van der Waals surface area contributed by atoms with E-state index >= 15 is 0 Å². The molecule has 8 heteroatoms. The summed E-state index contributed by atoms with van der Waals surface area (Å²) in [5.74, 6) is -0.392. The Morgan fingerprint density at radius 1 is 1.00 bits per heavy atom. The van der Waals surface area contributed by atoms with E-state index in [1.54, 1.807) is 20.8 Å². The number of ether oxygens (including phenoxy) is 2. The minimum absolute atomic E-state index is 0.0271. The summed E-state index contributed by atoms with van der Waals surface area (Å²) in [5.41, 5.74) is 4.00. The fourth-order valence-electron chi connectivity index (χ4n) is 3.85. The Balaban J connectivity index is 1.40. The van der Waals surface area contributed by atoms with Gasteiger partial charge in [-0.15, -0.1) is 0 Å². The van der Waals surface area contributed by atoms with Crippen molar-refractivity contribution in [3.8, 4) is 11.1 Å². The molecule has 0 heterocycles. The van der Waals surface area contributed by atoms with E-state index in [-0.39, 0.29) is 24.7 Å². The molecule has 2 N–H and O–H groups in total. The van der Waals surface area contributed by atoms with Gasteiger partial charge >= 0.3 is 18.0 Å². The minimum Gasteiger partial charge on any atom is -0.480 e. The molecule has 1 atom stereocenters. The Morgan fingerprint density at radius 3 is 2.15 bits per heavy atom. The summed E-state index contributed by atoms with van der Waals surface area (Å²) >= 11 is 1.45. The zero-order chi connectivity index (χ0) is 24.7. The number of carboxylic acid groups (broad SMARTS) is 1. The largest absolute Gasteiger partial charge is 0.480 e. The van der Waals surface area contributed by atoms with Crippen molar-refractivity contribution in [1.29, 1.82) is 0 Å². The van der Waals surface area contributed by atoms with Crippen LogP contribution in [0.1, 0.15) is 50.7 Å². The van der Waals surface area contributed by atoms with Crippen LogP contribution in [0.2, 0.25) is 0 Å². The summed E-state index contributed by atoms with van der Waals surface area (Å²) in [4.78, 5) is 35.5. The summed E-state index contributed by atoms with van der Waals surface area (Å²) in [5, 5.41) is 11.7. The molecule has 0 fully saturated rings. The van der Waals surface area contributed by atoms with Gasteiger partial charge < -0.3 is 19.9 Å². The Morgan fingerprint density at radius 2 is 1.59 bits per heavy atom. The molecule has 0 spiro atoms. The van der Waals surface area contributed by atoms with Crippen molar-refractivity contribution in [2.24, 2.45) is 0 Å². The average molecular weight is 486 g/mol. The van der Waals surface area contributed by atoms with Crippen LogP contribution in [0.15, 0.2) is 48.5 Å². The van der Waals surface area contributed by atoms with Gasteiger partial charge in [0.15, 0.2) is 0 Å². The van der Waals surface area contributed by atoms with E-state index in [1.165, 1.54) is 34.0 Å². The van der Waals surface area contributed by atoms with Gasteiger partial charge in [-0.25, -0.2) is 9.59 Å². The van der Waals surface area contributed by atoms with Crippen LogP contribution >= 0.6 is 11.8 Å². The number of carboxylic acids is 1. The lowest BCUT2D eigenvalue weighted by Crippen LogP contribution is -2.43. The molecular formula is C26H31NO6S. The third kappa shape index (κ3) is 7.00. The number of nitrogens with one attached hydrogen (secondary N) is 1. The molecule has 0 radical (unpaired) electrons. The minimum atomic E-state index is -1.12. The number of fused-ring (bicyclic) bond motifs is 3. The van der Waals surface area contributed by atoms with Crippen molar-refractivity contribution in [2.45, 2.75) is 51.2 Å². The zero-order valence-corrected chi connectivity index (χ0v) is 20.5. The normalized spacial score (nSPS) is 13.5. The summed E-state index contributed by atoms with van der Waals surface area (Å²) in [6.45, 7) is 5.42. The first kappa shape index (κ1) is 25.6. The van der Waals surface area contributed by atoms with Gasteiger partial charge in [-0.3, -0.25) is 4.79 Å². The third-order valence-electron chi connectivity index (χ3n) is 5.36. The molecule has 0 unspecified atom stereocenters. The van der Waals surface area contributed by atoms with Crippen LogP contribution in [0, 0.1) is 0 Å². The van der Waals surface area contributed by atoms with Gasteiger partial charge in [0.1, 0.15) is 18.2 Å². The quantitative estimate of drug-likeness (QED) is 0.367. The van der Waals surface area contributed by atoms with E-state index in [0.29, 0.717) is 18.1 Å². The number of aliphatic carboxylic acids is 1. The molecule has 0 bridgehead atoms. The number of hydrogen-bond donors (Lipinski definition) is 2. The first-order chi connectivity index (χ1) is 16.2. The maximum Gasteiger partial charge on any atom is 0.408 e. The van der Waals surface area contributed by atoms with E-state index in [2.05, 4.69) is 29.6 Å². The lowest BCUT2D eigenvalue weighted by Gasteiger charge is -2.21. The molecule has 1 aliphatic rings. The first-order valence-corrected chi connectivity index (χ1v) is 12.4. The molecule has 7 nitrogen and oxygen atoms in total. The maximum atomic E-state index is 12.3. The Kier molecular flexibility index (Phi) is 8.61. The van der Waals surface area contributed by atoms with E-state index in [9.17, 15) is 19.5 Å². The number of carbonyl (C=O) groups excluding carboxylic acids is 2. The predicted octanol–water partition coefficient (Wildman–Crippen LogP) is 4.83. The number of amides is 1. The van der Waals surface area contributed by atoms with Crippen molar-refractivity contribution in [2.75, 3.05) is 18.1 Å². The number of benzene rings is 2. The maximum absolute atomic E-state index is 12.3. The van der Waals surface area contributed by atoms with Crippen LogP contribution in [0.5, 0.6) is 0 Å². The molecule has 0 saturated heterocycles. The van der Waals surface area contributed by atoms with Gasteiger partial charge in [-0.1, -0.05) is 48.5 Å². The number of thioether (sulfide) groups is 1. The average Bonchev–Trinajstić information content (AvgIpc) is 3.09. The van der Waals surface area contributed by atoms with Gasteiger partial charge in [0, 0.05) is 11.7 Å². The second-order valence-electron chi connectivity index (χ2n) is 9.10. The molecule has 2 aromatic rings. The van der Waals surface area contributed by atoms with Crippen LogP contribution in [-0.4, -0.2) is 52.9 Å². The first-order valence-electron chi connectivity index (χ1n) is 11.3. The van der Waals surface area contributed by atoms with Gasteiger partial charge in [0.2, 0.25) is 0 Å². The highest BCUT2D eigenvalue weighted by molar-refractivity contribution is 7.99. The van der Waals surface area contributed by atoms with Crippen molar-refractivity contribution in [1.82, 2.24) is 5.32 Å². The molecule has 182 valence electrons. The molecule has 1 aliphatic carbocycles. The van der Waals surface area contributed by atoms with Gasteiger partial charge in [-0.2, -0.15) is 11.8 Å². The summed E-state index contributed by atoms with van der Waals surface area (Å²) in [6.07, 6.45) is -0.300. The van der Waals surface area contributed by atoms with Crippen LogP contribution in [-0.2, 0) is 19.1 Å². The Bertz CT molecular complexity index is 986. The second kappa shape index (κ2) is 11.4. The monoisotopic (exact) mass is 485 g/mol.